The molecule has 264 valence electrons. The molecule has 0 amide bonds. The minimum atomic E-state index is -0.521. The first-order valence-electron chi connectivity index (χ1n) is 17.1. The lowest BCUT2D eigenvalue weighted by molar-refractivity contribution is -0.100. The van der Waals surface area contributed by atoms with Gasteiger partial charge in [0.05, 0.1) is 46.6 Å². The van der Waals surface area contributed by atoms with Gasteiger partial charge in [-0.1, -0.05) is 94.5 Å². The number of hydrogen-bond acceptors (Lipinski definition) is 5. The molecule has 0 N–H and O–H groups in total. The van der Waals surface area contributed by atoms with E-state index in [2.05, 4.69) is 139 Å². The van der Waals surface area contributed by atoms with Crippen LogP contribution >= 0.6 is 31.9 Å². The molecule has 7 heteroatoms. The summed E-state index contributed by atoms with van der Waals surface area (Å²) in [6.45, 7) is 32.4. The normalized spacial score (nSPS) is 12.7. The molecule has 0 heterocycles. The second-order valence-electron chi connectivity index (χ2n) is 14.1. The summed E-state index contributed by atoms with van der Waals surface area (Å²) >= 11 is 7.58. The molecule has 0 saturated carbocycles. The van der Waals surface area contributed by atoms with Gasteiger partial charge in [0.1, 0.15) is 24.7 Å². The zero-order chi connectivity index (χ0) is 35.5. The summed E-state index contributed by atoms with van der Waals surface area (Å²) in [7, 11) is 0. The van der Waals surface area contributed by atoms with E-state index in [0.717, 1.165) is 57.3 Å². The van der Waals surface area contributed by atoms with Crippen molar-refractivity contribution >= 4 is 31.9 Å². The Morgan fingerprint density at radius 1 is 0.574 bits per heavy atom. The van der Waals surface area contributed by atoms with Crippen molar-refractivity contribution in [2.45, 2.75) is 117 Å². The lowest BCUT2D eigenvalue weighted by Gasteiger charge is -2.36. The monoisotopic (exact) mass is 778 g/mol. The maximum absolute atomic E-state index is 6.71. The molecule has 47 heavy (non-hydrogen) atoms. The summed E-state index contributed by atoms with van der Waals surface area (Å²) in [5.41, 5.74) is 3.46. The summed E-state index contributed by atoms with van der Waals surface area (Å²) in [6, 6.07) is 8.81. The van der Waals surface area contributed by atoms with Gasteiger partial charge in [-0.15, -0.1) is 0 Å². The topological polar surface area (TPSA) is 46.2 Å². The predicted molar refractivity (Wildman–Crippen MR) is 204 cm³/mol. The van der Waals surface area contributed by atoms with Gasteiger partial charge < -0.3 is 23.7 Å². The highest BCUT2D eigenvalue weighted by atomic mass is 79.9. The van der Waals surface area contributed by atoms with Crippen molar-refractivity contribution in [1.29, 1.82) is 0 Å². The van der Waals surface area contributed by atoms with Gasteiger partial charge in [-0.05, 0) is 104 Å². The molecule has 2 aromatic rings. The Hall–Kier alpha value is -1.64. The van der Waals surface area contributed by atoms with Crippen LogP contribution in [0.2, 0.25) is 0 Å². The largest absolute Gasteiger partial charge is 0.488 e. The zero-order valence-electron chi connectivity index (χ0n) is 30.7. The molecule has 0 unspecified atom stereocenters. The molecule has 0 aliphatic rings. The molecular formula is C40H60Br2O5. The Labute approximate surface area is 303 Å². The van der Waals surface area contributed by atoms with Crippen LogP contribution in [-0.4, -0.2) is 39.6 Å². The summed E-state index contributed by atoms with van der Waals surface area (Å²) in [4.78, 5) is 0. The van der Waals surface area contributed by atoms with Crippen molar-refractivity contribution < 1.29 is 23.7 Å². The summed E-state index contributed by atoms with van der Waals surface area (Å²) in [6.07, 6.45) is 6.73. The molecule has 0 fully saturated rings. The number of ether oxygens (including phenoxy) is 5. The van der Waals surface area contributed by atoms with Crippen LogP contribution in [0.3, 0.4) is 0 Å². The first-order valence-corrected chi connectivity index (χ1v) is 18.7. The molecule has 0 aliphatic carbocycles. The minimum Gasteiger partial charge on any atom is -0.488 e. The first-order chi connectivity index (χ1) is 22.1. The Kier molecular flexibility index (Phi) is 16.2. The van der Waals surface area contributed by atoms with Crippen LogP contribution in [0.4, 0.5) is 0 Å². The van der Waals surface area contributed by atoms with Crippen LogP contribution < -0.4 is 9.47 Å². The van der Waals surface area contributed by atoms with E-state index in [-0.39, 0.29) is 10.8 Å². The molecule has 0 aromatic heterocycles. The zero-order valence-corrected chi connectivity index (χ0v) is 33.9. The van der Waals surface area contributed by atoms with Gasteiger partial charge in [0.2, 0.25) is 0 Å². The molecule has 0 atom stereocenters. The quantitative estimate of drug-likeness (QED) is 0.0989. The van der Waals surface area contributed by atoms with Crippen LogP contribution in [0.25, 0.3) is 0 Å². The molecular weight excluding hydrogens is 720 g/mol. The van der Waals surface area contributed by atoms with Gasteiger partial charge in [-0.2, -0.15) is 0 Å². The van der Waals surface area contributed by atoms with Crippen LogP contribution in [0.15, 0.2) is 58.5 Å². The van der Waals surface area contributed by atoms with Crippen molar-refractivity contribution in [3.05, 3.63) is 80.8 Å². The minimum absolute atomic E-state index is 0.0283. The Morgan fingerprint density at radius 3 is 1.19 bits per heavy atom. The van der Waals surface area contributed by atoms with Crippen LogP contribution in [0, 0.1) is 0 Å². The Morgan fingerprint density at radius 2 is 0.915 bits per heavy atom. The lowest BCUT2D eigenvalue weighted by Crippen LogP contribution is -2.32. The van der Waals surface area contributed by atoms with E-state index in [9.17, 15) is 0 Å². The van der Waals surface area contributed by atoms with Crippen molar-refractivity contribution in [2.75, 3.05) is 39.6 Å². The second-order valence-corrected chi connectivity index (χ2v) is 15.8. The van der Waals surface area contributed by atoms with E-state index >= 15 is 0 Å². The van der Waals surface area contributed by atoms with Gasteiger partial charge in [-0.3, -0.25) is 0 Å². The van der Waals surface area contributed by atoms with Crippen LogP contribution in [0.5, 0.6) is 11.5 Å². The van der Waals surface area contributed by atoms with E-state index in [0.29, 0.717) is 39.6 Å². The maximum atomic E-state index is 6.71. The Balaban J connectivity index is 2.21. The summed E-state index contributed by atoms with van der Waals surface area (Å²) < 4.78 is 33.8. The third kappa shape index (κ3) is 10.7. The average molecular weight is 781 g/mol. The SMILES string of the molecule is C=CCOc1c(Br)cc(C(C)(C)C)cc1C(CC)(CC)OCCOCCOC(CC)(CC)c1cc(C(C)(C)C)cc(Br)c1OCC=C. The number of hydrogen-bond donors (Lipinski definition) is 0. The Bertz CT molecular complexity index is 1200. The highest BCUT2D eigenvalue weighted by Crippen LogP contribution is 2.46. The number of rotatable bonds is 20. The average Bonchev–Trinajstić information content (AvgIpc) is 3.02. The van der Waals surface area contributed by atoms with Gasteiger partial charge in [0.25, 0.3) is 0 Å². The highest BCUT2D eigenvalue weighted by molar-refractivity contribution is 9.11. The van der Waals surface area contributed by atoms with E-state index in [1.807, 2.05) is 0 Å². The molecule has 0 saturated heterocycles. The molecule has 0 aliphatic heterocycles. The summed E-state index contributed by atoms with van der Waals surface area (Å²) in [5.74, 6) is 1.62. The summed E-state index contributed by atoms with van der Waals surface area (Å²) in [5, 5.41) is 0. The van der Waals surface area contributed by atoms with Crippen molar-refractivity contribution in [2.24, 2.45) is 0 Å². The molecule has 5 nitrogen and oxygen atoms in total. The predicted octanol–water partition coefficient (Wildman–Crippen LogP) is 11.7. The van der Waals surface area contributed by atoms with E-state index < -0.39 is 11.2 Å². The molecule has 2 aromatic carbocycles. The van der Waals surface area contributed by atoms with E-state index in [4.69, 9.17) is 23.7 Å². The fourth-order valence-electron chi connectivity index (χ4n) is 5.83. The van der Waals surface area contributed by atoms with Crippen LogP contribution in [-0.2, 0) is 36.2 Å². The standard InChI is InChI=1S/C40H60Br2O5/c1-13-19-44-35-31(25-29(27-33(35)41)37(7,8)9)39(15-3,16-4)46-23-21-43-22-24-47-40(17-5,18-6)32-26-30(38(10,11)12)28-34(42)36(32)45-20-14-2/h13-14,25-28H,1-2,15-24H2,3-12H3. The fourth-order valence-corrected chi connectivity index (χ4v) is 6.98. The number of benzene rings is 2. The third-order valence-corrected chi connectivity index (χ3v) is 10.2. The van der Waals surface area contributed by atoms with Crippen molar-refractivity contribution in [3.8, 4) is 11.5 Å². The molecule has 0 spiro atoms. The smallest absolute Gasteiger partial charge is 0.140 e. The van der Waals surface area contributed by atoms with Gasteiger partial charge in [0, 0.05) is 11.1 Å². The lowest BCUT2D eigenvalue weighted by atomic mass is 9.81. The van der Waals surface area contributed by atoms with Crippen molar-refractivity contribution in [1.82, 2.24) is 0 Å². The molecule has 0 radical (unpaired) electrons. The molecule has 2 rings (SSSR count). The molecule has 0 bridgehead atoms. The van der Waals surface area contributed by atoms with Gasteiger partial charge >= 0.3 is 0 Å². The van der Waals surface area contributed by atoms with E-state index in [1.54, 1.807) is 12.2 Å². The third-order valence-electron chi connectivity index (χ3n) is 8.99. The first kappa shape index (κ1) is 41.5. The highest BCUT2D eigenvalue weighted by Gasteiger charge is 2.36. The number of halogens is 2. The fraction of sp³-hybridized carbons (Fsp3) is 0.600. The van der Waals surface area contributed by atoms with Gasteiger partial charge in [-0.25, -0.2) is 0 Å². The van der Waals surface area contributed by atoms with Crippen LogP contribution in [0.1, 0.15) is 117 Å². The van der Waals surface area contributed by atoms with Crippen molar-refractivity contribution in [3.63, 3.8) is 0 Å². The van der Waals surface area contributed by atoms with E-state index in [1.165, 1.54) is 11.1 Å². The maximum Gasteiger partial charge on any atom is 0.140 e. The second kappa shape index (κ2) is 18.4. The van der Waals surface area contributed by atoms with Gasteiger partial charge in [0.15, 0.2) is 0 Å².